The Morgan fingerprint density at radius 3 is 1.97 bits per heavy atom. The number of halogens is 10. The minimum atomic E-state index is -6.30. The normalized spacial score (nSPS) is 12.9. The number of benzene rings is 2. The molecule has 0 aromatic heterocycles. The fourth-order valence-corrected chi connectivity index (χ4v) is 3.46. The number of anilines is 1. The SMILES string of the molecule is CCc1cc(C(F)(C(F)(F)F)C(F)(F)F)cc(C)c1NC(=O)c1cccc(CNC(=O)CC(F)(F)F)c1. The molecule has 0 heterocycles. The summed E-state index contributed by atoms with van der Waals surface area (Å²) in [7, 11) is 0. The molecule has 2 aromatic rings. The maximum absolute atomic E-state index is 14.5. The topological polar surface area (TPSA) is 58.2 Å². The Morgan fingerprint density at radius 2 is 1.46 bits per heavy atom. The zero-order chi connectivity index (χ0) is 28.4. The van der Waals surface area contributed by atoms with Gasteiger partial charge in [-0.2, -0.15) is 39.5 Å². The van der Waals surface area contributed by atoms with Crippen LogP contribution in [-0.4, -0.2) is 30.3 Å². The van der Waals surface area contributed by atoms with E-state index < -0.39 is 48.0 Å². The monoisotopic (exact) mass is 546 g/mol. The largest absolute Gasteiger partial charge is 0.435 e. The molecule has 0 aliphatic carbocycles. The van der Waals surface area contributed by atoms with Crippen molar-refractivity contribution in [3.63, 3.8) is 0 Å². The summed E-state index contributed by atoms with van der Waals surface area (Å²) in [6, 6.07) is 5.99. The molecule has 14 heteroatoms. The number of alkyl halides is 10. The van der Waals surface area contributed by atoms with E-state index in [2.05, 4.69) is 5.32 Å². The van der Waals surface area contributed by atoms with Crippen molar-refractivity contribution >= 4 is 17.5 Å². The Kier molecular flexibility index (Phi) is 8.55. The molecule has 37 heavy (non-hydrogen) atoms. The maximum Gasteiger partial charge on any atom is 0.435 e. The van der Waals surface area contributed by atoms with Gasteiger partial charge >= 0.3 is 24.2 Å². The van der Waals surface area contributed by atoms with Gasteiger partial charge < -0.3 is 10.6 Å². The van der Waals surface area contributed by atoms with Crippen LogP contribution in [0.2, 0.25) is 0 Å². The van der Waals surface area contributed by atoms with Gasteiger partial charge in [0.1, 0.15) is 6.42 Å². The average molecular weight is 546 g/mol. The third-order valence-corrected chi connectivity index (χ3v) is 5.26. The molecule has 0 aliphatic rings. The zero-order valence-corrected chi connectivity index (χ0v) is 19.2. The number of aryl methyl sites for hydroxylation is 2. The van der Waals surface area contributed by atoms with Gasteiger partial charge in [-0.1, -0.05) is 25.1 Å². The molecule has 0 aliphatic heterocycles. The van der Waals surface area contributed by atoms with Crippen LogP contribution in [0.25, 0.3) is 0 Å². The maximum atomic E-state index is 14.5. The van der Waals surface area contributed by atoms with Crippen LogP contribution < -0.4 is 10.6 Å². The van der Waals surface area contributed by atoms with E-state index in [4.69, 9.17) is 0 Å². The van der Waals surface area contributed by atoms with Gasteiger partial charge in [0.05, 0.1) is 0 Å². The Balaban J connectivity index is 2.33. The smallest absolute Gasteiger partial charge is 0.352 e. The van der Waals surface area contributed by atoms with E-state index in [1.54, 1.807) is 0 Å². The molecule has 0 fully saturated rings. The Labute approximate surface area is 204 Å². The van der Waals surface area contributed by atoms with E-state index in [1.165, 1.54) is 31.2 Å². The highest BCUT2D eigenvalue weighted by molar-refractivity contribution is 6.05. The molecule has 2 rings (SSSR count). The standard InChI is InChI=1S/C23H20F10N2O2/c1-3-14-9-16(21(27,22(28,29)30)23(31,32)33)7-12(2)18(14)35-19(37)15-6-4-5-13(8-15)11-34-17(36)10-20(24,25)26/h4-9H,3,10-11H2,1-2H3,(H,34,36)(H,35,37). The number of hydrogen-bond acceptors (Lipinski definition) is 2. The van der Waals surface area contributed by atoms with Crippen LogP contribution in [-0.2, 0) is 23.4 Å². The molecule has 0 spiro atoms. The minimum Gasteiger partial charge on any atom is -0.352 e. The summed E-state index contributed by atoms with van der Waals surface area (Å²) in [4.78, 5) is 24.1. The predicted octanol–water partition coefficient (Wildman–Crippen LogP) is 6.67. The van der Waals surface area contributed by atoms with Crippen molar-refractivity contribution in [3.8, 4) is 0 Å². The molecule has 204 valence electrons. The summed E-state index contributed by atoms with van der Waals surface area (Å²) < 4.78 is 130. The number of carbonyl (C=O) groups is 2. The van der Waals surface area contributed by atoms with Crippen molar-refractivity contribution < 1.29 is 53.5 Å². The highest BCUT2D eigenvalue weighted by atomic mass is 19.4. The molecule has 0 unspecified atom stereocenters. The van der Waals surface area contributed by atoms with E-state index in [0.29, 0.717) is 12.1 Å². The van der Waals surface area contributed by atoms with Crippen molar-refractivity contribution in [1.29, 1.82) is 0 Å². The van der Waals surface area contributed by atoms with Crippen molar-refractivity contribution in [2.75, 3.05) is 5.32 Å². The number of amides is 2. The summed E-state index contributed by atoms with van der Waals surface area (Å²) in [5, 5.41) is 4.40. The highest BCUT2D eigenvalue weighted by Crippen LogP contribution is 2.53. The Morgan fingerprint density at radius 1 is 0.865 bits per heavy atom. The van der Waals surface area contributed by atoms with Gasteiger partial charge in [-0.3, -0.25) is 9.59 Å². The highest BCUT2D eigenvalue weighted by Gasteiger charge is 2.73. The molecule has 0 bridgehead atoms. The number of nitrogens with one attached hydrogen (secondary N) is 2. The lowest BCUT2D eigenvalue weighted by Gasteiger charge is -2.31. The van der Waals surface area contributed by atoms with Crippen LogP contribution in [0.1, 0.15) is 46.0 Å². The Bertz CT molecular complexity index is 1140. The fourth-order valence-electron chi connectivity index (χ4n) is 3.46. The molecule has 0 saturated carbocycles. The van der Waals surface area contributed by atoms with Crippen molar-refractivity contribution in [2.24, 2.45) is 0 Å². The van der Waals surface area contributed by atoms with Gasteiger partial charge in [0.25, 0.3) is 5.91 Å². The van der Waals surface area contributed by atoms with Gasteiger partial charge in [-0.25, -0.2) is 4.39 Å². The van der Waals surface area contributed by atoms with E-state index >= 15 is 0 Å². The molecule has 0 atom stereocenters. The third kappa shape index (κ3) is 6.92. The second-order valence-electron chi connectivity index (χ2n) is 8.06. The molecule has 2 aromatic carbocycles. The van der Waals surface area contributed by atoms with Crippen LogP contribution in [0.5, 0.6) is 0 Å². The van der Waals surface area contributed by atoms with Crippen molar-refractivity contribution in [3.05, 3.63) is 64.2 Å². The first kappa shape index (κ1) is 29.9. The van der Waals surface area contributed by atoms with E-state index in [9.17, 15) is 53.5 Å². The molecular weight excluding hydrogens is 526 g/mol. The lowest BCUT2D eigenvalue weighted by Crippen LogP contribution is -2.50. The molecule has 2 N–H and O–H groups in total. The van der Waals surface area contributed by atoms with Crippen LogP contribution in [0.4, 0.5) is 49.6 Å². The molecule has 0 saturated heterocycles. The third-order valence-electron chi connectivity index (χ3n) is 5.26. The summed E-state index contributed by atoms with van der Waals surface area (Å²) in [6.07, 6.45) is -19.2. The van der Waals surface area contributed by atoms with E-state index in [0.717, 1.165) is 6.92 Å². The Hall–Kier alpha value is -3.32. The average Bonchev–Trinajstić information content (AvgIpc) is 2.75. The number of rotatable bonds is 7. The predicted molar refractivity (Wildman–Crippen MR) is 112 cm³/mol. The quantitative estimate of drug-likeness (QED) is 0.382. The summed E-state index contributed by atoms with van der Waals surface area (Å²) in [6.45, 7) is 2.12. The van der Waals surface area contributed by atoms with Gasteiger partial charge in [0, 0.05) is 23.4 Å². The molecular formula is C23H20F10N2O2. The first-order valence-electron chi connectivity index (χ1n) is 10.5. The first-order chi connectivity index (χ1) is 16.8. The van der Waals surface area contributed by atoms with E-state index in [-0.39, 0.29) is 40.9 Å². The van der Waals surface area contributed by atoms with Crippen LogP contribution >= 0.6 is 0 Å². The molecule has 2 amide bonds. The first-order valence-corrected chi connectivity index (χ1v) is 10.5. The van der Waals surface area contributed by atoms with Crippen molar-refractivity contribution in [2.45, 2.75) is 57.4 Å². The second kappa shape index (κ2) is 10.6. The summed E-state index contributed by atoms with van der Waals surface area (Å²) >= 11 is 0. The van der Waals surface area contributed by atoms with Gasteiger partial charge in [-0.15, -0.1) is 0 Å². The van der Waals surface area contributed by atoms with Gasteiger partial charge in [-0.05, 0) is 48.2 Å². The summed E-state index contributed by atoms with van der Waals surface area (Å²) in [5.41, 5.74) is -7.75. The van der Waals surface area contributed by atoms with Gasteiger partial charge in [0.2, 0.25) is 5.91 Å². The van der Waals surface area contributed by atoms with Crippen LogP contribution in [0, 0.1) is 6.92 Å². The van der Waals surface area contributed by atoms with Gasteiger partial charge in [0.15, 0.2) is 0 Å². The fraction of sp³-hybridized carbons (Fsp3) is 0.391. The second-order valence-corrected chi connectivity index (χ2v) is 8.06. The van der Waals surface area contributed by atoms with Crippen LogP contribution in [0.3, 0.4) is 0 Å². The lowest BCUT2D eigenvalue weighted by molar-refractivity contribution is -0.348. The van der Waals surface area contributed by atoms with Crippen LogP contribution in [0.15, 0.2) is 36.4 Å². The molecule has 4 nitrogen and oxygen atoms in total. The van der Waals surface area contributed by atoms with Crippen molar-refractivity contribution in [1.82, 2.24) is 5.32 Å². The minimum absolute atomic E-state index is 0.0708. The number of hydrogen-bond donors (Lipinski definition) is 2. The lowest BCUT2D eigenvalue weighted by atomic mass is 9.89. The summed E-state index contributed by atoms with van der Waals surface area (Å²) in [5.74, 6) is -2.15. The van der Waals surface area contributed by atoms with E-state index in [1.807, 2.05) is 5.32 Å². The molecule has 0 radical (unpaired) electrons. The number of carbonyl (C=O) groups excluding carboxylic acids is 2. The zero-order valence-electron chi connectivity index (χ0n) is 19.2.